The molecule has 0 bridgehead atoms. The number of carboxylic acid groups (broad SMARTS) is 1. The third-order valence-electron chi connectivity index (χ3n) is 2.89. The number of nitrogens with one attached hydrogen (secondary N) is 1. The van der Waals surface area contributed by atoms with Crippen molar-refractivity contribution in [1.29, 1.82) is 0 Å². The quantitative estimate of drug-likeness (QED) is 0.796. The van der Waals surface area contributed by atoms with Crippen molar-refractivity contribution in [3.8, 4) is 0 Å². The molecule has 0 aliphatic rings. The van der Waals surface area contributed by atoms with E-state index in [1.807, 2.05) is 0 Å². The first-order valence-electron chi connectivity index (χ1n) is 6.92. The Hall–Kier alpha value is -2.08. The number of aryl methyl sites for hydroxylation is 1. The molecule has 1 amide bonds. The second-order valence-electron chi connectivity index (χ2n) is 6.70. The summed E-state index contributed by atoms with van der Waals surface area (Å²) in [5, 5.41) is 22.0. The van der Waals surface area contributed by atoms with E-state index in [1.54, 1.807) is 27.7 Å². The minimum absolute atomic E-state index is 0.0758. The molecule has 0 radical (unpaired) electrons. The minimum atomic E-state index is -1.32. The first kappa shape index (κ1) is 18.0. The number of aromatic carboxylic acids is 1. The van der Waals surface area contributed by atoms with E-state index in [4.69, 9.17) is 4.74 Å². The second kappa shape index (κ2) is 5.96. The van der Waals surface area contributed by atoms with Gasteiger partial charge in [-0.1, -0.05) is 0 Å². The third-order valence-corrected chi connectivity index (χ3v) is 2.89. The lowest BCUT2D eigenvalue weighted by atomic mass is 9.92. The lowest BCUT2D eigenvalue weighted by Gasteiger charge is -2.25. The standard InChI is InChI=1S/C16H23NO5/c1-9-7-12(17-14(20)22-15(2,3)4)11(16(5,6)21)8-10(9)13(18)19/h7-8,21H,1-6H3,(H,17,20)(H,18,19). The van der Waals surface area contributed by atoms with Crippen LogP contribution in [0.4, 0.5) is 10.5 Å². The molecule has 1 rings (SSSR count). The van der Waals surface area contributed by atoms with E-state index in [0.29, 0.717) is 16.8 Å². The number of hydrogen-bond acceptors (Lipinski definition) is 4. The number of anilines is 1. The molecule has 0 heterocycles. The first-order chi connectivity index (χ1) is 9.81. The average molecular weight is 309 g/mol. The molecule has 6 nitrogen and oxygen atoms in total. The summed E-state index contributed by atoms with van der Waals surface area (Å²) in [6, 6.07) is 2.88. The Morgan fingerprint density at radius 1 is 1.14 bits per heavy atom. The number of hydrogen-bond donors (Lipinski definition) is 3. The number of rotatable bonds is 3. The Kier molecular flexibility index (Phi) is 4.87. The maximum Gasteiger partial charge on any atom is 0.412 e. The molecule has 0 aliphatic heterocycles. The number of amides is 1. The largest absolute Gasteiger partial charge is 0.478 e. The second-order valence-corrected chi connectivity index (χ2v) is 6.70. The Morgan fingerprint density at radius 2 is 1.68 bits per heavy atom. The van der Waals surface area contributed by atoms with Gasteiger partial charge in [-0.3, -0.25) is 5.32 Å². The van der Waals surface area contributed by atoms with Crippen molar-refractivity contribution >= 4 is 17.7 Å². The highest BCUT2D eigenvalue weighted by atomic mass is 16.6. The van der Waals surface area contributed by atoms with Crippen molar-refractivity contribution in [3.63, 3.8) is 0 Å². The van der Waals surface area contributed by atoms with Gasteiger partial charge in [0.1, 0.15) is 5.60 Å². The van der Waals surface area contributed by atoms with Gasteiger partial charge in [0.05, 0.1) is 16.9 Å². The fraction of sp³-hybridized carbons (Fsp3) is 0.500. The predicted molar refractivity (Wildman–Crippen MR) is 83.2 cm³/mol. The molecule has 6 heteroatoms. The summed E-state index contributed by atoms with van der Waals surface area (Å²) >= 11 is 0. The van der Waals surface area contributed by atoms with E-state index in [0.717, 1.165) is 0 Å². The highest BCUT2D eigenvalue weighted by molar-refractivity contribution is 5.92. The topological polar surface area (TPSA) is 95.9 Å². The zero-order valence-corrected chi connectivity index (χ0v) is 13.8. The monoisotopic (exact) mass is 309 g/mol. The van der Waals surface area contributed by atoms with Gasteiger partial charge in [-0.25, -0.2) is 9.59 Å². The van der Waals surface area contributed by atoms with Crippen LogP contribution in [-0.4, -0.2) is 27.9 Å². The van der Waals surface area contributed by atoms with Crippen LogP contribution in [-0.2, 0) is 10.3 Å². The van der Waals surface area contributed by atoms with Gasteiger partial charge in [0.25, 0.3) is 0 Å². The Labute approximate surface area is 130 Å². The molecular formula is C16H23NO5. The van der Waals surface area contributed by atoms with Gasteiger partial charge in [-0.2, -0.15) is 0 Å². The molecule has 0 saturated heterocycles. The van der Waals surface area contributed by atoms with Crippen molar-refractivity contribution in [2.45, 2.75) is 52.7 Å². The van der Waals surface area contributed by atoms with E-state index < -0.39 is 23.3 Å². The van der Waals surface area contributed by atoms with Crippen LogP contribution in [0.15, 0.2) is 12.1 Å². The van der Waals surface area contributed by atoms with Crippen LogP contribution in [0.3, 0.4) is 0 Å². The summed E-state index contributed by atoms with van der Waals surface area (Å²) in [4.78, 5) is 23.1. The molecule has 1 aromatic carbocycles. The predicted octanol–water partition coefficient (Wildman–Crippen LogP) is 3.27. The van der Waals surface area contributed by atoms with Gasteiger partial charge < -0.3 is 14.9 Å². The molecule has 22 heavy (non-hydrogen) atoms. The van der Waals surface area contributed by atoms with Crippen LogP contribution in [0.25, 0.3) is 0 Å². The number of benzene rings is 1. The van der Waals surface area contributed by atoms with E-state index in [9.17, 15) is 19.8 Å². The van der Waals surface area contributed by atoms with Crippen molar-refractivity contribution in [3.05, 3.63) is 28.8 Å². The molecule has 0 spiro atoms. The molecule has 0 fully saturated rings. The van der Waals surface area contributed by atoms with Crippen LogP contribution in [0, 0.1) is 6.92 Å². The van der Waals surface area contributed by atoms with Crippen LogP contribution in [0.2, 0.25) is 0 Å². The van der Waals surface area contributed by atoms with Crippen molar-refractivity contribution in [2.75, 3.05) is 5.32 Å². The minimum Gasteiger partial charge on any atom is -0.478 e. The summed E-state index contributed by atoms with van der Waals surface area (Å²) in [5.41, 5.74) is -0.791. The molecule has 0 saturated carbocycles. The summed E-state index contributed by atoms with van der Waals surface area (Å²) in [5.74, 6) is -1.09. The molecule has 0 aliphatic carbocycles. The van der Waals surface area contributed by atoms with Crippen LogP contribution >= 0.6 is 0 Å². The number of carbonyl (C=O) groups is 2. The van der Waals surface area contributed by atoms with E-state index >= 15 is 0 Å². The third kappa shape index (κ3) is 4.73. The molecule has 0 unspecified atom stereocenters. The fourth-order valence-corrected chi connectivity index (χ4v) is 1.96. The van der Waals surface area contributed by atoms with E-state index in [2.05, 4.69) is 5.32 Å². The lowest BCUT2D eigenvalue weighted by molar-refractivity contribution is 0.0632. The van der Waals surface area contributed by atoms with Crippen LogP contribution in [0.5, 0.6) is 0 Å². The smallest absolute Gasteiger partial charge is 0.412 e. The Bertz CT molecular complexity index is 594. The highest BCUT2D eigenvalue weighted by Gasteiger charge is 2.25. The van der Waals surface area contributed by atoms with Crippen molar-refractivity contribution in [2.24, 2.45) is 0 Å². The molecule has 3 N–H and O–H groups in total. The maximum absolute atomic E-state index is 11.9. The van der Waals surface area contributed by atoms with Crippen molar-refractivity contribution in [1.82, 2.24) is 0 Å². The number of aliphatic hydroxyl groups is 1. The first-order valence-corrected chi connectivity index (χ1v) is 6.92. The fourth-order valence-electron chi connectivity index (χ4n) is 1.96. The van der Waals surface area contributed by atoms with Gasteiger partial charge >= 0.3 is 12.1 Å². The van der Waals surface area contributed by atoms with E-state index in [-0.39, 0.29) is 5.56 Å². The normalized spacial score (nSPS) is 12.0. The lowest BCUT2D eigenvalue weighted by Crippen LogP contribution is -2.29. The summed E-state index contributed by atoms with van der Waals surface area (Å²) in [7, 11) is 0. The average Bonchev–Trinajstić information content (AvgIpc) is 2.23. The van der Waals surface area contributed by atoms with Gasteiger partial charge in [0, 0.05) is 5.56 Å². The highest BCUT2D eigenvalue weighted by Crippen LogP contribution is 2.31. The molecule has 1 aromatic rings. The van der Waals surface area contributed by atoms with Gasteiger partial charge in [-0.05, 0) is 59.2 Å². The SMILES string of the molecule is Cc1cc(NC(=O)OC(C)(C)C)c(C(C)(C)O)cc1C(=O)O. The molecule has 122 valence electrons. The van der Waals surface area contributed by atoms with Crippen molar-refractivity contribution < 1.29 is 24.5 Å². The summed E-state index contributed by atoms with van der Waals surface area (Å²) < 4.78 is 5.18. The van der Waals surface area contributed by atoms with Gasteiger partial charge in [0.15, 0.2) is 0 Å². The van der Waals surface area contributed by atoms with Crippen LogP contribution < -0.4 is 5.32 Å². The Morgan fingerprint density at radius 3 is 2.09 bits per heavy atom. The maximum atomic E-state index is 11.9. The summed E-state index contributed by atoms with van der Waals surface area (Å²) in [6.07, 6.45) is -0.666. The Balaban J connectivity index is 3.26. The number of carboxylic acids is 1. The van der Waals surface area contributed by atoms with E-state index in [1.165, 1.54) is 26.0 Å². The summed E-state index contributed by atoms with van der Waals surface area (Å²) in [6.45, 7) is 9.87. The zero-order valence-electron chi connectivity index (χ0n) is 13.8. The molecule has 0 atom stereocenters. The molecular weight excluding hydrogens is 286 g/mol. The number of ether oxygens (including phenoxy) is 1. The van der Waals surface area contributed by atoms with Crippen LogP contribution in [0.1, 0.15) is 56.1 Å². The van der Waals surface area contributed by atoms with Gasteiger partial charge in [0.2, 0.25) is 0 Å². The number of carbonyl (C=O) groups excluding carboxylic acids is 1. The molecule has 0 aromatic heterocycles. The zero-order chi connectivity index (χ0) is 17.3. The van der Waals surface area contributed by atoms with Gasteiger partial charge in [-0.15, -0.1) is 0 Å².